The van der Waals surface area contributed by atoms with E-state index in [-0.39, 0.29) is 5.91 Å². The molecule has 2 heterocycles. The van der Waals surface area contributed by atoms with Crippen molar-refractivity contribution in [3.05, 3.63) is 40.4 Å². The minimum atomic E-state index is -0.0295. The molecule has 0 aliphatic carbocycles. The Kier molecular flexibility index (Phi) is 6.32. The van der Waals surface area contributed by atoms with Crippen molar-refractivity contribution in [3.63, 3.8) is 0 Å². The van der Waals surface area contributed by atoms with E-state index >= 15 is 0 Å². The number of likely N-dealkylation sites (tertiary alicyclic amines) is 1. The summed E-state index contributed by atoms with van der Waals surface area (Å²) in [5, 5.41) is 2.74. The molecule has 1 fully saturated rings. The molecule has 0 atom stereocenters. The van der Waals surface area contributed by atoms with E-state index in [4.69, 9.17) is 17.2 Å². The highest BCUT2D eigenvalue weighted by Gasteiger charge is 2.20. The summed E-state index contributed by atoms with van der Waals surface area (Å²) in [4.78, 5) is 21.0. The number of hydrogen-bond donors (Lipinski definition) is 0. The SMILES string of the molecule is CC(=O)N(c1nc(CSC(=S)N2CCCC2)cs1)c1ccc(C)cc1C. The van der Waals surface area contributed by atoms with E-state index in [9.17, 15) is 4.79 Å². The lowest BCUT2D eigenvalue weighted by Crippen LogP contribution is -2.24. The summed E-state index contributed by atoms with van der Waals surface area (Å²) in [5.74, 6) is 0.711. The predicted octanol–water partition coefficient (Wildman–Crippen LogP) is 5.06. The molecule has 4 nitrogen and oxygen atoms in total. The second kappa shape index (κ2) is 8.50. The smallest absolute Gasteiger partial charge is 0.230 e. The number of nitrogens with zero attached hydrogens (tertiary/aromatic N) is 3. The quantitative estimate of drug-likeness (QED) is 0.665. The Morgan fingerprint density at radius 2 is 2.08 bits per heavy atom. The van der Waals surface area contributed by atoms with Crippen molar-refractivity contribution in [2.75, 3.05) is 18.0 Å². The summed E-state index contributed by atoms with van der Waals surface area (Å²) >= 11 is 8.68. The number of amides is 1. The summed E-state index contributed by atoms with van der Waals surface area (Å²) in [5.41, 5.74) is 4.11. The second-order valence-electron chi connectivity index (χ2n) is 6.51. The molecule has 0 spiro atoms. The molecule has 2 aromatic rings. The van der Waals surface area contributed by atoms with E-state index in [0.29, 0.717) is 5.13 Å². The van der Waals surface area contributed by atoms with Gasteiger partial charge in [0.05, 0.1) is 11.4 Å². The van der Waals surface area contributed by atoms with Gasteiger partial charge in [0, 0.05) is 31.1 Å². The van der Waals surface area contributed by atoms with Gasteiger partial charge in [0.25, 0.3) is 0 Å². The summed E-state index contributed by atoms with van der Waals surface area (Å²) < 4.78 is 0.954. The minimum Gasteiger partial charge on any atom is -0.358 e. The van der Waals surface area contributed by atoms with Gasteiger partial charge in [-0.15, -0.1) is 11.3 Å². The van der Waals surface area contributed by atoms with Crippen molar-refractivity contribution in [1.82, 2.24) is 9.88 Å². The monoisotopic (exact) mass is 405 g/mol. The van der Waals surface area contributed by atoms with Crippen molar-refractivity contribution >= 4 is 56.4 Å². The first-order valence-corrected chi connectivity index (χ1v) is 11.0. The summed E-state index contributed by atoms with van der Waals surface area (Å²) in [6.45, 7) is 7.80. The van der Waals surface area contributed by atoms with Gasteiger partial charge in [0.2, 0.25) is 5.91 Å². The Bertz CT molecular complexity index is 812. The van der Waals surface area contributed by atoms with E-state index in [1.807, 2.05) is 24.4 Å². The molecule has 0 unspecified atom stereocenters. The fraction of sp³-hybridized carbons (Fsp3) is 0.421. The average molecular weight is 406 g/mol. The highest BCUT2D eigenvalue weighted by molar-refractivity contribution is 8.22. The molecule has 0 bridgehead atoms. The van der Waals surface area contributed by atoms with Crippen LogP contribution in [0.15, 0.2) is 23.6 Å². The fourth-order valence-electron chi connectivity index (χ4n) is 3.06. The van der Waals surface area contributed by atoms with Gasteiger partial charge in [-0.05, 0) is 38.3 Å². The van der Waals surface area contributed by atoms with Gasteiger partial charge in [-0.1, -0.05) is 41.7 Å². The predicted molar refractivity (Wildman–Crippen MR) is 116 cm³/mol. The molecule has 138 valence electrons. The number of hydrogen-bond acceptors (Lipinski definition) is 5. The number of thiocarbonyl (C=S) groups is 1. The van der Waals surface area contributed by atoms with Crippen LogP contribution in [0.25, 0.3) is 0 Å². The van der Waals surface area contributed by atoms with Crippen LogP contribution in [-0.2, 0) is 10.5 Å². The second-order valence-corrected chi connectivity index (χ2v) is 8.96. The Balaban J connectivity index is 1.73. The molecule has 1 amide bonds. The largest absolute Gasteiger partial charge is 0.358 e. The molecule has 1 aliphatic heterocycles. The molecule has 1 aromatic heterocycles. The van der Waals surface area contributed by atoms with Crippen LogP contribution < -0.4 is 4.90 Å². The van der Waals surface area contributed by atoms with Gasteiger partial charge in [0.15, 0.2) is 5.13 Å². The minimum absolute atomic E-state index is 0.0295. The van der Waals surface area contributed by atoms with Gasteiger partial charge in [-0.2, -0.15) is 0 Å². The maximum Gasteiger partial charge on any atom is 0.230 e. The highest BCUT2D eigenvalue weighted by atomic mass is 32.2. The number of aromatic nitrogens is 1. The van der Waals surface area contributed by atoms with Gasteiger partial charge in [-0.3, -0.25) is 9.69 Å². The third-order valence-corrected chi connectivity index (χ3v) is 6.78. The van der Waals surface area contributed by atoms with Crippen molar-refractivity contribution in [2.45, 2.75) is 39.4 Å². The highest BCUT2D eigenvalue weighted by Crippen LogP contribution is 2.32. The van der Waals surface area contributed by atoms with Crippen LogP contribution in [0.2, 0.25) is 0 Å². The average Bonchev–Trinajstić information content (AvgIpc) is 3.26. The van der Waals surface area contributed by atoms with Crippen LogP contribution >= 0.6 is 35.3 Å². The van der Waals surface area contributed by atoms with Crippen LogP contribution in [0.1, 0.15) is 36.6 Å². The van der Waals surface area contributed by atoms with Crippen molar-refractivity contribution in [3.8, 4) is 0 Å². The van der Waals surface area contributed by atoms with Crippen LogP contribution in [0, 0.1) is 13.8 Å². The lowest BCUT2D eigenvalue weighted by atomic mass is 10.1. The first-order valence-electron chi connectivity index (χ1n) is 8.70. The number of benzene rings is 1. The third-order valence-electron chi connectivity index (χ3n) is 4.35. The topological polar surface area (TPSA) is 36.4 Å². The normalized spacial score (nSPS) is 13.9. The first kappa shape index (κ1) is 19.3. The maximum absolute atomic E-state index is 12.3. The van der Waals surface area contributed by atoms with Crippen molar-refractivity contribution in [2.24, 2.45) is 0 Å². The first-order chi connectivity index (χ1) is 12.5. The van der Waals surface area contributed by atoms with Crippen LogP contribution in [0.5, 0.6) is 0 Å². The molecule has 7 heteroatoms. The molecule has 0 saturated carbocycles. The number of carbonyl (C=O) groups is 1. The van der Waals surface area contributed by atoms with Gasteiger partial charge in [0.1, 0.15) is 4.32 Å². The fourth-order valence-corrected chi connectivity index (χ4v) is 5.18. The van der Waals surface area contributed by atoms with E-state index in [1.165, 1.54) is 29.7 Å². The Hall–Kier alpha value is -1.44. The number of aryl methyl sites for hydroxylation is 2. The third kappa shape index (κ3) is 4.45. The van der Waals surface area contributed by atoms with Crippen molar-refractivity contribution in [1.29, 1.82) is 0 Å². The number of rotatable bonds is 4. The van der Waals surface area contributed by atoms with Crippen molar-refractivity contribution < 1.29 is 4.79 Å². The van der Waals surface area contributed by atoms with Gasteiger partial charge in [-0.25, -0.2) is 4.98 Å². The molecule has 3 rings (SSSR count). The lowest BCUT2D eigenvalue weighted by molar-refractivity contribution is -0.115. The number of carbonyl (C=O) groups excluding carboxylic acids is 1. The zero-order valence-electron chi connectivity index (χ0n) is 15.3. The Morgan fingerprint density at radius 1 is 1.35 bits per heavy atom. The van der Waals surface area contributed by atoms with E-state index < -0.39 is 0 Å². The molecular weight excluding hydrogens is 382 g/mol. The standard InChI is InChI=1S/C19H23N3OS3/c1-13-6-7-17(14(2)10-13)22(15(3)23)18-20-16(11-25-18)12-26-19(24)21-8-4-5-9-21/h6-7,10-11H,4-5,8-9,12H2,1-3H3. The molecule has 1 aromatic carbocycles. The number of thioether (sulfide) groups is 1. The summed E-state index contributed by atoms with van der Waals surface area (Å²) in [6.07, 6.45) is 2.45. The lowest BCUT2D eigenvalue weighted by Gasteiger charge is -2.20. The van der Waals surface area contributed by atoms with E-state index in [1.54, 1.807) is 23.6 Å². The van der Waals surface area contributed by atoms with Crippen LogP contribution in [-0.4, -0.2) is 33.2 Å². The molecular formula is C19H23N3OS3. The maximum atomic E-state index is 12.3. The molecule has 26 heavy (non-hydrogen) atoms. The molecule has 1 aliphatic rings. The van der Waals surface area contributed by atoms with E-state index in [2.05, 4.69) is 17.9 Å². The van der Waals surface area contributed by atoms with Crippen LogP contribution in [0.3, 0.4) is 0 Å². The van der Waals surface area contributed by atoms with Gasteiger partial charge < -0.3 is 4.90 Å². The summed E-state index contributed by atoms with van der Waals surface area (Å²) in [6, 6.07) is 6.10. The van der Waals surface area contributed by atoms with E-state index in [0.717, 1.165) is 40.1 Å². The Morgan fingerprint density at radius 3 is 2.73 bits per heavy atom. The Labute approximate surface area is 168 Å². The van der Waals surface area contributed by atoms with Crippen LogP contribution in [0.4, 0.5) is 10.8 Å². The van der Waals surface area contributed by atoms with Gasteiger partial charge >= 0.3 is 0 Å². The molecule has 1 saturated heterocycles. The molecule has 0 N–H and O–H groups in total. The zero-order chi connectivity index (χ0) is 18.7. The number of thiazole rings is 1. The zero-order valence-corrected chi connectivity index (χ0v) is 17.8. The number of anilines is 2. The molecule has 0 radical (unpaired) electrons. The summed E-state index contributed by atoms with van der Waals surface area (Å²) in [7, 11) is 0.